The number of aliphatic hydroxyl groups excluding tert-OH is 1. The molecule has 0 heterocycles. The molecular weight excluding hydrogens is 305 g/mol. The fourth-order valence-corrected chi connectivity index (χ4v) is 2.61. The van der Waals surface area contributed by atoms with Crippen LogP contribution in [-0.4, -0.2) is 17.8 Å². The Morgan fingerprint density at radius 2 is 1.76 bits per heavy atom. The van der Waals surface area contributed by atoms with Crippen molar-refractivity contribution in [2.45, 2.75) is 25.4 Å². The predicted octanol–water partition coefficient (Wildman–Crippen LogP) is 4.25. The molecule has 2 N–H and O–H groups in total. The third kappa shape index (κ3) is 4.72. The van der Waals surface area contributed by atoms with Gasteiger partial charge in [0.1, 0.15) is 0 Å². The molecule has 2 rings (SSSR count). The third-order valence-corrected chi connectivity index (χ3v) is 4.21. The maximum absolute atomic E-state index is 9.57. The van der Waals surface area contributed by atoms with Crippen LogP contribution in [0.2, 0.25) is 10.0 Å². The largest absolute Gasteiger partial charge is 0.395 e. The van der Waals surface area contributed by atoms with Crippen LogP contribution in [0.4, 0.5) is 0 Å². The van der Waals surface area contributed by atoms with E-state index in [1.165, 1.54) is 5.56 Å². The average Bonchev–Trinajstić information content (AvgIpc) is 2.50. The van der Waals surface area contributed by atoms with E-state index in [0.717, 1.165) is 12.0 Å². The minimum absolute atomic E-state index is 0.00291. The average molecular weight is 324 g/mol. The SMILES string of the molecule is CC(N[C@@H](CO)Cc1ccccc1)c1ccc(Cl)c(Cl)c1. The molecule has 4 heteroatoms. The summed E-state index contributed by atoms with van der Waals surface area (Å²) in [5.74, 6) is 0. The molecule has 112 valence electrons. The standard InChI is InChI=1S/C17H19Cl2NO/c1-12(14-7-8-16(18)17(19)10-14)20-15(11-21)9-13-5-3-2-4-6-13/h2-8,10,12,15,20-21H,9,11H2,1H3/t12?,15-/m1/s1. The van der Waals surface area contributed by atoms with E-state index in [-0.39, 0.29) is 18.7 Å². The molecule has 0 bridgehead atoms. The highest BCUT2D eigenvalue weighted by Gasteiger charge is 2.14. The van der Waals surface area contributed by atoms with Crippen molar-refractivity contribution < 1.29 is 5.11 Å². The molecule has 2 aromatic carbocycles. The quantitative estimate of drug-likeness (QED) is 0.833. The minimum atomic E-state index is -0.00291. The summed E-state index contributed by atoms with van der Waals surface area (Å²) in [6.45, 7) is 2.13. The van der Waals surface area contributed by atoms with Gasteiger partial charge in [0.2, 0.25) is 0 Å². The second-order valence-corrected chi connectivity index (χ2v) is 5.95. The first kappa shape index (κ1) is 16.3. The van der Waals surface area contributed by atoms with Crippen LogP contribution in [0.1, 0.15) is 24.1 Å². The van der Waals surface area contributed by atoms with Crippen LogP contribution >= 0.6 is 23.2 Å². The molecule has 0 aromatic heterocycles. The first-order valence-corrected chi connectivity index (χ1v) is 7.71. The third-order valence-electron chi connectivity index (χ3n) is 3.47. The van der Waals surface area contributed by atoms with Crippen LogP contribution in [0, 0.1) is 0 Å². The molecular formula is C17H19Cl2NO. The zero-order valence-corrected chi connectivity index (χ0v) is 13.4. The Morgan fingerprint density at radius 1 is 1.05 bits per heavy atom. The van der Waals surface area contributed by atoms with Crippen molar-refractivity contribution in [3.63, 3.8) is 0 Å². The van der Waals surface area contributed by atoms with Crippen molar-refractivity contribution in [2.75, 3.05) is 6.61 Å². The Kier molecular flexibility index (Phi) is 6.07. The number of benzene rings is 2. The molecule has 2 aromatic rings. The summed E-state index contributed by atoms with van der Waals surface area (Å²) in [6.07, 6.45) is 0.781. The molecule has 2 nitrogen and oxygen atoms in total. The van der Waals surface area contributed by atoms with Gasteiger partial charge in [-0.2, -0.15) is 0 Å². The Hall–Kier alpha value is -1.06. The lowest BCUT2D eigenvalue weighted by Gasteiger charge is -2.22. The van der Waals surface area contributed by atoms with Gasteiger partial charge in [-0.25, -0.2) is 0 Å². The zero-order valence-electron chi connectivity index (χ0n) is 11.9. The molecule has 0 fully saturated rings. The summed E-state index contributed by atoms with van der Waals surface area (Å²) in [5.41, 5.74) is 2.25. The fourth-order valence-electron chi connectivity index (χ4n) is 2.31. The van der Waals surface area contributed by atoms with Crippen LogP contribution in [0.25, 0.3) is 0 Å². The Balaban J connectivity index is 2.02. The lowest BCUT2D eigenvalue weighted by molar-refractivity contribution is 0.232. The van der Waals surface area contributed by atoms with Gasteiger partial charge in [-0.3, -0.25) is 0 Å². The van der Waals surface area contributed by atoms with Crippen molar-refractivity contribution in [1.82, 2.24) is 5.32 Å². The highest BCUT2D eigenvalue weighted by atomic mass is 35.5. The van der Waals surface area contributed by atoms with Crippen LogP contribution in [0.3, 0.4) is 0 Å². The van der Waals surface area contributed by atoms with Crippen molar-refractivity contribution in [1.29, 1.82) is 0 Å². The summed E-state index contributed by atoms with van der Waals surface area (Å²) in [6, 6.07) is 15.8. The molecule has 0 saturated carbocycles. The highest BCUT2D eigenvalue weighted by molar-refractivity contribution is 6.42. The number of aliphatic hydroxyl groups is 1. The van der Waals surface area contributed by atoms with Crippen molar-refractivity contribution in [3.05, 3.63) is 69.7 Å². The van der Waals surface area contributed by atoms with Crippen LogP contribution < -0.4 is 5.32 Å². The van der Waals surface area contributed by atoms with Crippen molar-refractivity contribution in [2.24, 2.45) is 0 Å². The fraction of sp³-hybridized carbons (Fsp3) is 0.294. The predicted molar refractivity (Wildman–Crippen MR) is 89.0 cm³/mol. The maximum atomic E-state index is 9.57. The molecule has 1 unspecified atom stereocenters. The van der Waals surface area contributed by atoms with Gasteiger partial charge in [-0.1, -0.05) is 59.6 Å². The van der Waals surface area contributed by atoms with E-state index in [0.29, 0.717) is 10.0 Å². The van der Waals surface area contributed by atoms with E-state index >= 15 is 0 Å². The van der Waals surface area contributed by atoms with Gasteiger partial charge in [0.15, 0.2) is 0 Å². The van der Waals surface area contributed by atoms with Crippen molar-refractivity contribution in [3.8, 4) is 0 Å². The second-order valence-electron chi connectivity index (χ2n) is 5.13. The molecule has 0 spiro atoms. The first-order valence-electron chi connectivity index (χ1n) is 6.96. The van der Waals surface area contributed by atoms with Gasteiger partial charge < -0.3 is 10.4 Å². The summed E-state index contributed by atoms with van der Waals surface area (Å²) >= 11 is 12.0. The van der Waals surface area contributed by atoms with E-state index in [1.807, 2.05) is 37.3 Å². The lowest BCUT2D eigenvalue weighted by Crippen LogP contribution is -2.36. The van der Waals surface area contributed by atoms with Gasteiger partial charge in [0.05, 0.1) is 16.7 Å². The van der Waals surface area contributed by atoms with Gasteiger partial charge in [-0.05, 0) is 36.6 Å². The molecule has 21 heavy (non-hydrogen) atoms. The summed E-state index contributed by atoms with van der Waals surface area (Å²) in [5, 5.41) is 14.1. The lowest BCUT2D eigenvalue weighted by atomic mass is 10.0. The molecule has 2 atom stereocenters. The Labute approximate surface area is 135 Å². The van der Waals surface area contributed by atoms with E-state index < -0.39 is 0 Å². The Bertz CT molecular complexity index is 574. The van der Waals surface area contributed by atoms with Gasteiger partial charge in [0, 0.05) is 12.1 Å². The normalized spacial score (nSPS) is 13.9. The minimum Gasteiger partial charge on any atom is -0.395 e. The first-order chi connectivity index (χ1) is 10.1. The van der Waals surface area contributed by atoms with E-state index in [1.54, 1.807) is 6.07 Å². The van der Waals surface area contributed by atoms with Gasteiger partial charge in [0.25, 0.3) is 0 Å². The topological polar surface area (TPSA) is 32.3 Å². The van der Waals surface area contributed by atoms with E-state index in [2.05, 4.69) is 17.4 Å². The molecule has 0 aliphatic heterocycles. The van der Waals surface area contributed by atoms with Crippen LogP contribution in [-0.2, 0) is 6.42 Å². The number of nitrogens with one attached hydrogen (secondary N) is 1. The molecule has 0 saturated heterocycles. The zero-order chi connectivity index (χ0) is 15.2. The monoisotopic (exact) mass is 323 g/mol. The molecule has 0 radical (unpaired) electrons. The second kappa shape index (κ2) is 7.81. The highest BCUT2D eigenvalue weighted by Crippen LogP contribution is 2.25. The van der Waals surface area contributed by atoms with E-state index in [4.69, 9.17) is 23.2 Å². The molecule has 0 aliphatic rings. The van der Waals surface area contributed by atoms with E-state index in [9.17, 15) is 5.11 Å². The molecule has 0 amide bonds. The number of hydrogen-bond acceptors (Lipinski definition) is 2. The van der Waals surface area contributed by atoms with Crippen LogP contribution in [0.15, 0.2) is 48.5 Å². The summed E-state index contributed by atoms with van der Waals surface area (Å²) in [4.78, 5) is 0. The van der Waals surface area contributed by atoms with Crippen molar-refractivity contribution >= 4 is 23.2 Å². The van der Waals surface area contributed by atoms with Crippen LogP contribution in [0.5, 0.6) is 0 Å². The number of hydrogen-bond donors (Lipinski definition) is 2. The maximum Gasteiger partial charge on any atom is 0.0595 e. The summed E-state index contributed by atoms with van der Waals surface area (Å²) < 4.78 is 0. The number of halogens is 2. The van der Waals surface area contributed by atoms with Gasteiger partial charge in [-0.15, -0.1) is 0 Å². The van der Waals surface area contributed by atoms with Gasteiger partial charge >= 0.3 is 0 Å². The Morgan fingerprint density at radius 3 is 2.38 bits per heavy atom. The number of rotatable bonds is 6. The molecule has 0 aliphatic carbocycles. The smallest absolute Gasteiger partial charge is 0.0595 e. The summed E-state index contributed by atoms with van der Waals surface area (Å²) in [7, 11) is 0.